The highest BCUT2D eigenvalue weighted by molar-refractivity contribution is 6.00. The molecule has 1 aliphatic carbocycles. The molecule has 1 N–H and O–H groups in total. The van der Waals surface area contributed by atoms with Crippen LogP contribution in [0.4, 0.5) is 0 Å². The van der Waals surface area contributed by atoms with Gasteiger partial charge in [0.05, 0.1) is 13.7 Å². The molecule has 0 bridgehead atoms. The summed E-state index contributed by atoms with van der Waals surface area (Å²) in [6.07, 6.45) is 2.35. The normalized spacial score (nSPS) is 21.4. The number of carbonyl (C=O) groups excluding carboxylic acids is 1. The Balaban J connectivity index is 2.15. The van der Waals surface area contributed by atoms with E-state index in [2.05, 4.69) is 5.32 Å². The van der Waals surface area contributed by atoms with E-state index in [-0.39, 0.29) is 11.2 Å². The molecule has 0 saturated heterocycles. The van der Waals surface area contributed by atoms with Gasteiger partial charge in [0.2, 0.25) is 0 Å². The van der Waals surface area contributed by atoms with Crippen LogP contribution in [-0.4, -0.2) is 26.0 Å². The highest BCUT2D eigenvalue weighted by atomic mass is 16.5. The molecule has 1 aromatic rings. The van der Waals surface area contributed by atoms with Crippen LogP contribution in [0.2, 0.25) is 0 Å². The summed E-state index contributed by atoms with van der Waals surface area (Å²) in [6, 6.07) is 5.81. The van der Waals surface area contributed by atoms with Crippen LogP contribution in [0, 0.1) is 0 Å². The molecule has 3 rings (SSSR count). The molecule has 84 valence electrons. The molecule has 1 spiro atoms. The van der Waals surface area contributed by atoms with Gasteiger partial charge >= 0.3 is 0 Å². The molecule has 1 aromatic carbocycles. The number of hydrogen-bond acceptors (Lipinski definition) is 3. The minimum atomic E-state index is 0.196. The largest absolute Gasteiger partial charge is 0.497 e. The van der Waals surface area contributed by atoms with E-state index in [0.29, 0.717) is 6.54 Å². The van der Waals surface area contributed by atoms with E-state index in [9.17, 15) is 4.79 Å². The first-order chi connectivity index (χ1) is 7.75. The number of ether oxygens (including phenoxy) is 1. The average Bonchev–Trinajstić information content (AvgIpc) is 3.10. The molecule has 0 radical (unpaired) electrons. The summed E-state index contributed by atoms with van der Waals surface area (Å²) < 4.78 is 5.25. The number of carbonyl (C=O) groups is 1. The van der Waals surface area contributed by atoms with Crippen LogP contribution < -0.4 is 10.1 Å². The van der Waals surface area contributed by atoms with Gasteiger partial charge < -0.3 is 10.1 Å². The van der Waals surface area contributed by atoms with Gasteiger partial charge in [-0.15, -0.1) is 0 Å². The highest BCUT2D eigenvalue weighted by Gasteiger charge is 2.47. The zero-order valence-corrected chi connectivity index (χ0v) is 9.38. The summed E-state index contributed by atoms with van der Waals surface area (Å²) in [6.45, 7) is 1.37. The second-order valence-corrected chi connectivity index (χ2v) is 4.72. The smallest absolute Gasteiger partial charge is 0.176 e. The topological polar surface area (TPSA) is 38.3 Å². The van der Waals surface area contributed by atoms with Gasteiger partial charge in [0, 0.05) is 17.5 Å². The Bertz CT molecular complexity index is 449. The van der Waals surface area contributed by atoms with Gasteiger partial charge in [-0.3, -0.25) is 4.79 Å². The van der Waals surface area contributed by atoms with Gasteiger partial charge in [-0.2, -0.15) is 0 Å². The fourth-order valence-corrected chi connectivity index (χ4v) is 2.54. The Morgan fingerprint density at radius 1 is 1.38 bits per heavy atom. The fourth-order valence-electron chi connectivity index (χ4n) is 2.54. The molecule has 0 unspecified atom stereocenters. The molecule has 1 saturated carbocycles. The van der Waals surface area contributed by atoms with Crippen LogP contribution in [0.25, 0.3) is 0 Å². The minimum absolute atomic E-state index is 0.196. The first-order valence-electron chi connectivity index (χ1n) is 5.68. The van der Waals surface area contributed by atoms with Gasteiger partial charge in [-0.25, -0.2) is 0 Å². The van der Waals surface area contributed by atoms with E-state index in [1.165, 1.54) is 18.4 Å². The Morgan fingerprint density at radius 2 is 2.19 bits per heavy atom. The molecule has 3 heteroatoms. The zero-order chi connectivity index (χ0) is 11.2. The third-order valence-electron chi connectivity index (χ3n) is 3.70. The van der Waals surface area contributed by atoms with Crippen molar-refractivity contribution in [3.63, 3.8) is 0 Å². The Morgan fingerprint density at radius 3 is 2.88 bits per heavy atom. The maximum absolute atomic E-state index is 11.9. The molecule has 3 nitrogen and oxygen atoms in total. The van der Waals surface area contributed by atoms with Crippen molar-refractivity contribution in [1.29, 1.82) is 0 Å². The van der Waals surface area contributed by atoms with Crippen LogP contribution in [0.1, 0.15) is 28.8 Å². The molecule has 2 aliphatic rings. The zero-order valence-electron chi connectivity index (χ0n) is 9.38. The van der Waals surface area contributed by atoms with Crippen molar-refractivity contribution in [2.24, 2.45) is 0 Å². The third-order valence-corrected chi connectivity index (χ3v) is 3.70. The number of methoxy groups -OCH3 is 1. The van der Waals surface area contributed by atoms with Crippen LogP contribution in [0.15, 0.2) is 18.2 Å². The molecule has 1 fully saturated rings. The molecule has 1 heterocycles. The van der Waals surface area contributed by atoms with Crippen molar-refractivity contribution in [2.75, 3.05) is 20.2 Å². The lowest BCUT2D eigenvalue weighted by molar-refractivity contribution is 0.0994. The fraction of sp³-hybridized carbons (Fsp3) is 0.462. The van der Waals surface area contributed by atoms with Crippen molar-refractivity contribution in [2.45, 2.75) is 18.3 Å². The third kappa shape index (κ3) is 1.35. The van der Waals surface area contributed by atoms with Crippen LogP contribution >= 0.6 is 0 Å². The van der Waals surface area contributed by atoms with Crippen molar-refractivity contribution >= 4 is 5.78 Å². The van der Waals surface area contributed by atoms with E-state index in [1.54, 1.807) is 7.11 Å². The lowest BCUT2D eigenvalue weighted by atomic mass is 9.91. The maximum Gasteiger partial charge on any atom is 0.176 e. The summed E-state index contributed by atoms with van der Waals surface area (Å²) >= 11 is 0. The standard InChI is InChI=1S/C13H15NO2/c1-16-9-2-3-10-11(6-9)13(4-5-13)8-14-7-12(10)15/h2-3,6,14H,4-5,7-8H2,1H3. The van der Waals surface area contributed by atoms with Gasteiger partial charge in [0.25, 0.3) is 0 Å². The van der Waals surface area contributed by atoms with E-state index in [1.807, 2.05) is 18.2 Å². The van der Waals surface area contributed by atoms with Gasteiger partial charge in [-0.05, 0) is 36.6 Å². The summed E-state index contributed by atoms with van der Waals surface area (Å²) in [5.41, 5.74) is 2.26. The summed E-state index contributed by atoms with van der Waals surface area (Å²) in [4.78, 5) is 11.9. The van der Waals surface area contributed by atoms with Crippen molar-refractivity contribution in [3.8, 4) is 5.75 Å². The average molecular weight is 217 g/mol. The first kappa shape index (κ1) is 9.85. The Labute approximate surface area is 94.8 Å². The summed E-state index contributed by atoms with van der Waals surface area (Å²) in [5, 5.41) is 3.24. The van der Waals surface area contributed by atoms with Crippen molar-refractivity contribution in [1.82, 2.24) is 5.32 Å². The van der Waals surface area contributed by atoms with Crippen LogP contribution in [0.3, 0.4) is 0 Å². The number of ketones is 1. The van der Waals surface area contributed by atoms with Crippen LogP contribution in [0.5, 0.6) is 5.75 Å². The predicted octanol–water partition coefficient (Wildman–Crippen LogP) is 1.51. The second kappa shape index (κ2) is 3.32. The number of fused-ring (bicyclic) bond motifs is 2. The molecular weight excluding hydrogens is 202 g/mol. The molecule has 16 heavy (non-hydrogen) atoms. The molecule has 0 atom stereocenters. The number of hydrogen-bond donors (Lipinski definition) is 1. The number of benzene rings is 1. The molecule has 1 aliphatic heterocycles. The lowest BCUT2D eigenvalue weighted by Crippen LogP contribution is -2.26. The SMILES string of the molecule is COc1ccc2c(c1)C1(CC1)CNCC2=O. The van der Waals surface area contributed by atoms with Crippen LogP contribution in [-0.2, 0) is 5.41 Å². The summed E-state index contributed by atoms with van der Waals surface area (Å²) in [7, 11) is 1.66. The van der Waals surface area contributed by atoms with Gasteiger partial charge in [-0.1, -0.05) is 0 Å². The van der Waals surface area contributed by atoms with E-state index < -0.39 is 0 Å². The molecular formula is C13H15NO2. The molecule has 0 aromatic heterocycles. The second-order valence-electron chi connectivity index (χ2n) is 4.72. The Hall–Kier alpha value is -1.35. The lowest BCUT2D eigenvalue weighted by Gasteiger charge is -2.16. The maximum atomic E-state index is 11.9. The van der Waals surface area contributed by atoms with Gasteiger partial charge in [0.15, 0.2) is 5.78 Å². The van der Waals surface area contributed by atoms with E-state index in [4.69, 9.17) is 4.74 Å². The Kier molecular flexibility index (Phi) is 2.04. The highest BCUT2D eigenvalue weighted by Crippen LogP contribution is 2.50. The molecule has 0 amide bonds. The quantitative estimate of drug-likeness (QED) is 0.775. The minimum Gasteiger partial charge on any atom is -0.497 e. The number of Topliss-reactive ketones (excluding diaryl/α,β-unsaturated/α-hetero) is 1. The van der Waals surface area contributed by atoms with Gasteiger partial charge in [0.1, 0.15) is 5.75 Å². The van der Waals surface area contributed by atoms with E-state index >= 15 is 0 Å². The monoisotopic (exact) mass is 217 g/mol. The van der Waals surface area contributed by atoms with Crippen molar-refractivity contribution in [3.05, 3.63) is 29.3 Å². The van der Waals surface area contributed by atoms with Crippen molar-refractivity contribution < 1.29 is 9.53 Å². The first-order valence-corrected chi connectivity index (χ1v) is 5.68. The number of nitrogens with one attached hydrogen (secondary N) is 1. The predicted molar refractivity (Wildman–Crippen MR) is 61.1 cm³/mol. The van der Waals surface area contributed by atoms with E-state index in [0.717, 1.165) is 17.9 Å². The number of rotatable bonds is 1. The summed E-state index contributed by atoms with van der Waals surface area (Å²) in [5.74, 6) is 1.04.